The SMILES string of the molecule is CC1=N[N+](C(C)(C)C)=C(O)/C1=C1\C(=O)C(c2c(C)c(C)n(CCN(C)N3CCCC3)c2C)=C1[O-]. The Bertz CT molecular complexity index is 1180. The highest BCUT2D eigenvalue weighted by molar-refractivity contribution is 6.43. The molecule has 1 aliphatic carbocycles. The largest absolute Gasteiger partial charge is 0.871 e. The van der Waals surface area contributed by atoms with Crippen molar-refractivity contribution >= 4 is 23.0 Å². The van der Waals surface area contributed by atoms with Crippen molar-refractivity contribution in [3.05, 3.63) is 39.4 Å². The van der Waals surface area contributed by atoms with E-state index in [2.05, 4.69) is 26.7 Å². The Morgan fingerprint density at radius 3 is 2.21 bits per heavy atom. The highest BCUT2D eigenvalue weighted by Crippen LogP contribution is 2.41. The first kappa shape index (κ1) is 24.4. The summed E-state index contributed by atoms with van der Waals surface area (Å²) < 4.78 is 3.68. The summed E-state index contributed by atoms with van der Waals surface area (Å²) in [5, 5.41) is 33.2. The van der Waals surface area contributed by atoms with Gasteiger partial charge in [-0.2, -0.15) is 0 Å². The van der Waals surface area contributed by atoms with E-state index in [0.717, 1.165) is 48.7 Å². The van der Waals surface area contributed by atoms with E-state index in [1.807, 2.05) is 41.5 Å². The quantitative estimate of drug-likeness (QED) is 0.531. The minimum absolute atomic E-state index is 0.0402. The minimum atomic E-state index is -0.472. The van der Waals surface area contributed by atoms with E-state index in [-0.39, 0.29) is 34.2 Å². The Hall–Kier alpha value is -2.71. The lowest BCUT2D eigenvalue weighted by molar-refractivity contribution is -0.605. The van der Waals surface area contributed by atoms with Crippen LogP contribution in [0.25, 0.3) is 5.57 Å². The molecule has 0 spiro atoms. The summed E-state index contributed by atoms with van der Waals surface area (Å²) in [6.07, 6.45) is 2.47. The van der Waals surface area contributed by atoms with Crippen LogP contribution >= 0.6 is 0 Å². The van der Waals surface area contributed by atoms with Gasteiger partial charge in [-0.05, 0) is 55.9 Å². The van der Waals surface area contributed by atoms with Gasteiger partial charge in [0.15, 0.2) is 11.3 Å². The van der Waals surface area contributed by atoms with Gasteiger partial charge in [0.2, 0.25) is 0 Å². The fourth-order valence-electron chi connectivity index (χ4n) is 5.30. The molecular weight excluding hydrogens is 430 g/mol. The zero-order valence-corrected chi connectivity index (χ0v) is 21.7. The van der Waals surface area contributed by atoms with Crippen LogP contribution in [0.1, 0.15) is 63.1 Å². The molecule has 1 aromatic rings. The van der Waals surface area contributed by atoms with Crippen LogP contribution in [0.3, 0.4) is 0 Å². The maximum atomic E-state index is 13.3. The molecule has 0 atom stereocenters. The van der Waals surface area contributed by atoms with Gasteiger partial charge in [-0.3, -0.25) is 4.79 Å². The number of hydrazone groups is 1. The molecule has 1 saturated heterocycles. The third kappa shape index (κ3) is 3.73. The smallest absolute Gasteiger partial charge is 0.401 e. The van der Waals surface area contributed by atoms with Crippen LogP contribution in [0, 0.1) is 20.8 Å². The number of carbonyl (C=O) groups is 1. The third-order valence-corrected chi connectivity index (χ3v) is 7.38. The van der Waals surface area contributed by atoms with E-state index in [0.29, 0.717) is 5.71 Å². The number of nitrogens with zero attached hydrogens (tertiary/aromatic N) is 5. The maximum absolute atomic E-state index is 13.3. The van der Waals surface area contributed by atoms with Crippen molar-refractivity contribution in [2.75, 3.05) is 26.7 Å². The Morgan fingerprint density at radius 2 is 1.68 bits per heavy atom. The summed E-state index contributed by atoms with van der Waals surface area (Å²) in [7, 11) is 2.12. The fraction of sp³-hybridized carbons (Fsp3) is 0.577. The van der Waals surface area contributed by atoms with Crippen LogP contribution < -0.4 is 5.11 Å². The number of likely N-dealkylation sites (N-methyl/N-ethyl adjacent to an activating group) is 1. The zero-order chi connectivity index (χ0) is 25.1. The van der Waals surface area contributed by atoms with Crippen LogP contribution in [-0.4, -0.2) is 74.0 Å². The molecule has 4 rings (SSSR count). The number of hydrazine groups is 1. The van der Waals surface area contributed by atoms with Crippen molar-refractivity contribution in [2.45, 2.75) is 73.4 Å². The fourth-order valence-corrected chi connectivity index (χ4v) is 5.30. The summed E-state index contributed by atoms with van der Waals surface area (Å²) in [6.45, 7) is 17.3. The first-order valence-electron chi connectivity index (χ1n) is 12.1. The second-order valence-electron chi connectivity index (χ2n) is 10.6. The van der Waals surface area contributed by atoms with Gasteiger partial charge in [0.1, 0.15) is 11.3 Å². The first-order valence-corrected chi connectivity index (χ1v) is 12.1. The number of hydrogen-bond acceptors (Lipinski definition) is 5. The van der Waals surface area contributed by atoms with Gasteiger partial charge in [-0.25, -0.2) is 10.0 Å². The molecule has 1 fully saturated rings. The predicted octanol–water partition coefficient (Wildman–Crippen LogP) is 2.46. The van der Waals surface area contributed by atoms with E-state index >= 15 is 0 Å². The molecule has 3 aliphatic rings. The van der Waals surface area contributed by atoms with E-state index in [1.165, 1.54) is 17.5 Å². The normalized spacial score (nSPS) is 21.9. The minimum Gasteiger partial charge on any atom is -0.871 e. The predicted molar refractivity (Wildman–Crippen MR) is 132 cm³/mol. The lowest BCUT2D eigenvalue weighted by Gasteiger charge is -2.32. The average molecular weight is 468 g/mol. The van der Waals surface area contributed by atoms with Gasteiger partial charge in [-0.1, -0.05) is 5.76 Å². The molecule has 1 N–H and O–H groups in total. The molecule has 0 unspecified atom stereocenters. The summed E-state index contributed by atoms with van der Waals surface area (Å²) >= 11 is 0. The highest BCUT2D eigenvalue weighted by Gasteiger charge is 2.44. The van der Waals surface area contributed by atoms with Crippen molar-refractivity contribution in [1.82, 2.24) is 14.6 Å². The second kappa shape index (κ2) is 8.50. The van der Waals surface area contributed by atoms with Crippen LogP contribution in [0.2, 0.25) is 0 Å². The molecule has 34 heavy (non-hydrogen) atoms. The lowest BCUT2D eigenvalue weighted by Crippen LogP contribution is -2.39. The Balaban J connectivity index is 1.69. The number of aliphatic hydroxyl groups excluding tert-OH is 1. The molecule has 0 saturated carbocycles. The lowest BCUT2D eigenvalue weighted by atomic mass is 9.79. The van der Waals surface area contributed by atoms with E-state index < -0.39 is 5.54 Å². The molecule has 8 nitrogen and oxygen atoms in total. The van der Waals surface area contributed by atoms with Crippen LogP contribution in [-0.2, 0) is 11.3 Å². The van der Waals surface area contributed by atoms with Crippen LogP contribution in [0.4, 0.5) is 0 Å². The molecule has 2 aliphatic heterocycles. The van der Waals surface area contributed by atoms with Gasteiger partial charge in [0.25, 0.3) is 0 Å². The number of aliphatic hydroxyl groups is 1. The average Bonchev–Trinajstić information content (AvgIpc) is 3.45. The van der Waals surface area contributed by atoms with Crippen molar-refractivity contribution in [2.24, 2.45) is 5.10 Å². The summed E-state index contributed by atoms with van der Waals surface area (Å²) in [6, 6.07) is 0. The Morgan fingerprint density at radius 1 is 1.06 bits per heavy atom. The molecule has 8 heteroatoms. The van der Waals surface area contributed by atoms with Gasteiger partial charge in [0, 0.05) is 82.1 Å². The van der Waals surface area contributed by atoms with Crippen LogP contribution in [0.5, 0.6) is 0 Å². The molecule has 1 aromatic heterocycles. The summed E-state index contributed by atoms with van der Waals surface area (Å²) in [4.78, 5) is 13.3. The van der Waals surface area contributed by atoms with Crippen molar-refractivity contribution in [1.29, 1.82) is 0 Å². The van der Waals surface area contributed by atoms with Crippen molar-refractivity contribution in [3.8, 4) is 0 Å². The summed E-state index contributed by atoms with van der Waals surface area (Å²) in [5.74, 6) is -0.753. The number of aromatic nitrogens is 1. The van der Waals surface area contributed by atoms with E-state index in [4.69, 9.17) is 0 Å². The van der Waals surface area contributed by atoms with Crippen molar-refractivity contribution in [3.63, 3.8) is 0 Å². The van der Waals surface area contributed by atoms with E-state index in [9.17, 15) is 15.0 Å². The Kier molecular flexibility index (Phi) is 6.10. The molecule has 0 bridgehead atoms. The molecule has 0 amide bonds. The van der Waals surface area contributed by atoms with Gasteiger partial charge >= 0.3 is 5.90 Å². The molecule has 0 radical (unpaired) electrons. The van der Waals surface area contributed by atoms with Crippen LogP contribution in [0.15, 0.2) is 22.0 Å². The maximum Gasteiger partial charge on any atom is 0.401 e. The highest BCUT2D eigenvalue weighted by atomic mass is 16.3. The molecule has 184 valence electrons. The standard InChI is InChI=1S/C26H37N5O3/c1-15-17(3)30(14-13-28(8)29-11-9-10-12-29)18(4)19(15)21-23(32)22(24(21)33)20-16(2)27-31(25(20)34)26(5,6)7/h9-14H2,1-8H3,(H,32,33). The number of Topliss-reactive ketones (excluding diaryl/α,β-unsaturated/α-hetero) is 1. The second-order valence-corrected chi connectivity index (χ2v) is 10.6. The van der Waals surface area contributed by atoms with Gasteiger partial charge in [0.05, 0.1) is 0 Å². The monoisotopic (exact) mass is 467 g/mol. The summed E-state index contributed by atoms with van der Waals surface area (Å²) in [5.41, 5.74) is 4.24. The van der Waals surface area contributed by atoms with E-state index in [1.54, 1.807) is 6.92 Å². The number of rotatable bonds is 5. The topological polar surface area (TPSA) is 87.1 Å². The first-order chi connectivity index (χ1) is 15.9. The zero-order valence-electron chi connectivity index (χ0n) is 21.7. The molecular formula is C26H37N5O3. The number of ketones is 1. The number of allylic oxidation sites excluding steroid dienone is 2. The number of carbonyl (C=O) groups excluding carboxylic acids is 1. The molecule has 0 aromatic carbocycles. The van der Waals surface area contributed by atoms with Crippen molar-refractivity contribution < 1.29 is 19.7 Å². The Labute approximate surface area is 202 Å². The number of hydrogen-bond donors (Lipinski definition) is 1. The third-order valence-electron chi connectivity index (χ3n) is 7.38. The van der Waals surface area contributed by atoms with Gasteiger partial charge in [-0.15, -0.1) is 0 Å². The van der Waals surface area contributed by atoms with Gasteiger partial charge < -0.3 is 14.8 Å². The molecule has 3 heterocycles.